The van der Waals surface area contributed by atoms with Gasteiger partial charge in [0.05, 0.1) is 5.69 Å². The number of aromatic nitrogens is 4. The minimum Gasteiger partial charge on any atom is -0.364 e. The summed E-state index contributed by atoms with van der Waals surface area (Å²) in [6, 6.07) is 9.56. The van der Waals surface area contributed by atoms with Gasteiger partial charge in [0.25, 0.3) is 5.91 Å². The Balaban J connectivity index is 1.93. The van der Waals surface area contributed by atoms with Gasteiger partial charge in [-0.1, -0.05) is 6.07 Å². The molecule has 3 rings (SSSR count). The average Bonchev–Trinajstić information content (AvgIpc) is 2.99. The van der Waals surface area contributed by atoms with Crippen LogP contribution in [0.3, 0.4) is 0 Å². The Morgan fingerprint density at radius 2 is 1.88 bits per heavy atom. The molecule has 0 saturated carbocycles. The van der Waals surface area contributed by atoms with Gasteiger partial charge >= 0.3 is 0 Å². The van der Waals surface area contributed by atoms with E-state index in [1.54, 1.807) is 23.0 Å². The molecule has 0 radical (unpaired) electrons. The second-order valence-corrected chi connectivity index (χ2v) is 5.86. The van der Waals surface area contributed by atoms with E-state index in [1.165, 1.54) is 0 Å². The number of aryl methyl sites for hydroxylation is 3. The molecule has 0 fully saturated rings. The highest BCUT2D eigenvalue weighted by molar-refractivity contribution is 5.92. The van der Waals surface area contributed by atoms with E-state index in [-0.39, 0.29) is 0 Å². The number of nitrogens with two attached hydrogens (primary N) is 1. The molecular weight excluding hydrogens is 316 g/mol. The first-order valence-electron chi connectivity index (χ1n) is 8.02. The maximum Gasteiger partial charge on any atom is 0.266 e. The lowest BCUT2D eigenvalue weighted by atomic mass is 10.1. The fraction of sp³-hybridized carbons (Fsp3) is 0.222. The largest absolute Gasteiger partial charge is 0.364 e. The SMILES string of the molecule is CCn1nc(-c2ccnc(Nc3cc(C)cc(C)c3)n2)cc1C(N)=O. The van der Waals surface area contributed by atoms with Gasteiger partial charge in [-0.3, -0.25) is 9.48 Å². The van der Waals surface area contributed by atoms with Gasteiger partial charge in [0.15, 0.2) is 0 Å². The lowest BCUT2D eigenvalue weighted by Gasteiger charge is -2.07. The smallest absolute Gasteiger partial charge is 0.266 e. The average molecular weight is 336 g/mol. The number of nitrogens with zero attached hydrogens (tertiary/aromatic N) is 4. The molecule has 128 valence electrons. The number of rotatable bonds is 5. The number of carbonyl (C=O) groups excluding carboxylic acids is 1. The van der Waals surface area contributed by atoms with Crippen molar-refractivity contribution in [2.24, 2.45) is 5.73 Å². The topological polar surface area (TPSA) is 98.7 Å². The van der Waals surface area contributed by atoms with Crippen molar-refractivity contribution in [3.8, 4) is 11.4 Å². The normalized spacial score (nSPS) is 10.7. The molecule has 2 heterocycles. The zero-order chi connectivity index (χ0) is 18.0. The molecule has 0 aliphatic heterocycles. The summed E-state index contributed by atoms with van der Waals surface area (Å²) in [4.78, 5) is 20.3. The zero-order valence-electron chi connectivity index (χ0n) is 14.4. The van der Waals surface area contributed by atoms with Crippen molar-refractivity contribution < 1.29 is 4.79 Å². The molecule has 0 unspecified atom stereocenters. The molecule has 0 aliphatic rings. The highest BCUT2D eigenvalue weighted by atomic mass is 16.1. The van der Waals surface area contributed by atoms with Crippen LogP contribution in [0.5, 0.6) is 0 Å². The van der Waals surface area contributed by atoms with E-state index >= 15 is 0 Å². The van der Waals surface area contributed by atoms with Gasteiger partial charge < -0.3 is 11.1 Å². The van der Waals surface area contributed by atoms with E-state index in [9.17, 15) is 4.79 Å². The lowest BCUT2D eigenvalue weighted by Crippen LogP contribution is -2.16. The highest BCUT2D eigenvalue weighted by Gasteiger charge is 2.14. The quantitative estimate of drug-likeness (QED) is 0.746. The summed E-state index contributed by atoms with van der Waals surface area (Å²) in [5.41, 5.74) is 10.2. The third-order valence-electron chi connectivity index (χ3n) is 3.73. The fourth-order valence-corrected chi connectivity index (χ4v) is 2.72. The van der Waals surface area contributed by atoms with Crippen LogP contribution in [0, 0.1) is 13.8 Å². The Labute approximate surface area is 145 Å². The molecule has 0 bridgehead atoms. The van der Waals surface area contributed by atoms with Crippen molar-refractivity contribution in [2.75, 3.05) is 5.32 Å². The predicted octanol–water partition coefficient (Wildman–Crippen LogP) is 2.82. The predicted molar refractivity (Wildman–Crippen MR) is 96.6 cm³/mol. The van der Waals surface area contributed by atoms with Crippen molar-refractivity contribution in [2.45, 2.75) is 27.3 Å². The van der Waals surface area contributed by atoms with Crippen LogP contribution < -0.4 is 11.1 Å². The number of hydrogen-bond donors (Lipinski definition) is 2. The highest BCUT2D eigenvalue weighted by Crippen LogP contribution is 2.21. The number of hydrogen-bond acceptors (Lipinski definition) is 5. The summed E-state index contributed by atoms with van der Waals surface area (Å²) < 4.78 is 1.57. The second kappa shape index (κ2) is 6.72. The summed E-state index contributed by atoms with van der Waals surface area (Å²) in [6.07, 6.45) is 1.65. The third kappa shape index (κ3) is 3.65. The van der Waals surface area contributed by atoms with Gasteiger partial charge in [0.2, 0.25) is 5.95 Å². The molecule has 3 aromatic rings. The molecule has 25 heavy (non-hydrogen) atoms. The number of anilines is 2. The van der Waals surface area contributed by atoms with Crippen molar-refractivity contribution >= 4 is 17.5 Å². The molecule has 1 amide bonds. The van der Waals surface area contributed by atoms with Crippen LogP contribution >= 0.6 is 0 Å². The number of nitrogens with one attached hydrogen (secondary N) is 1. The van der Waals surface area contributed by atoms with E-state index in [2.05, 4.69) is 26.4 Å². The number of primary amides is 1. The van der Waals surface area contributed by atoms with Gasteiger partial charge in [-0.2, -0.15) is 5.10 Å². The fourth-order valence-electron chi connectivity index (χ4n) is 2.72. The number of amides is 1. The first kappa shape index (κ1) is 16.6. The van der Waals surface area contributed by atoms with Crippen LogP contribution in [0.15, 0.2) is 36.5 Å². The molecule has 0 aliphatic carbocycles. The van der Waals surface area contributed by atoms with E-state index < -0.39 is 5.91 Å². The number of carbonyl (C=O) groups is 1. The third-order valence-corrected chi connectivity index (χ3v) is 3.73. The Kier molecular flexibility index (Phi) is 4.47. The summed E-state index contributed by atoms with van der Waals surface area (Å²) in [7, 11) is 0. The van der Waals surface area contributed by atoms with E-state index in [0.717, 1.165) is 16.8 Å². The van der Waals surface area contributed by atoms with E-state index in [4.69, 9.17) is 5.73 Å². The maximum absolute atomic E-state index is 11.5. The van der Waals surface area contributed by atoms with Gasteiger partial charge in [-0.25, -0.2) is 9.97 Å². The van der Waals surface area contributed by atoms with Crippen LogP contribution in [-0.2, 0) is 6.54 Å². The zero-order valence-corrected chi connectivity index (χ0v) is 14.4. The first-order valence-corrected chi connectivity index (χ1v) is 8.02. The minimum atomic E-state index is -0.511. The maximum atomic E-state index is 11.5. The molecule has 3 N–H and O–H groups in total. The summed E-state index contributed by atoms with van der Waals surface area (Å²) in [6.45, 7) is 6.53. The molecule has 1 aromatic carbocycles. The van der Waals surface area contributed by atoms with Crippen LogP contribution in [0.2, 0.25) is 0 Å². The van der Waals surface area contributed by atoms with Gasteiger partial charge in [-0.15, -0.1) is 0 Å². The summed E-state index contributed by atoms with van der Waals surface area (Å²) >= 11 is 0. The van der Waals surface area contributed by atoms with Crippen molar-refractivity contribution in [1.29, 1.82) is 0 Å². The molecule has 2 aromatic heterocycles. The van der Waals surface area contributed by atoms with E-state index in [1.807, 2.05) is 32.9 Å². The minimum absolute atomic E-state index is 0.361. The second-order valence-electron chi connectivity index (χ2n) is 5.86. The van der Waals surface area contributed by atoms with Gasteiger partial charge in [0.1, 0.15) is 11.4 Å². The van der Waals surface area contributed by atoms with Crippen LogP contribution in [0.25, 0.3) is 11.4 Å². The Morgan fingerprint density at radius 3 is 2.48 bits per heavy atom. The molecule has 0 saturated heterocycles. The summed E-state index contributed by atoms with van der Waals surface area (Å²) in [5, 5.41) is 7.60. The van der Waals surface area contributed by atoms with Gasteiger partial charge in [-0.05, 0) is 56.2 Å². The van der Waals surface area contributed by atoms with Crippen LogP contribution in [0.4, 0.5) is 11.6 Å². The van der Waals surface area contributed by atoms with Crippen molar-refractivity contribution in [3.63, 3.8) is 0 Å². The Morgan fingerprint density at radius 1 is 1.16 bits per heavy atom. The molecule has 7 heteroatoms. The summed E-state index contributed by atoms with van der Waals surface area (Å²) in [5.74, 6) is -0.0441. The Hall–Kier alpha value is -3.22. The molecular formula is C18H20N6O. The van der Waals surface area contributed by atoms with Crippen LogP contribution in [0.1, 0.15) is 28.5 Å². The van der Waals surface area contributed by atoms with Crippen molar-refractivity contribution in [1.82, 2.24) is 19.7 Å². The van der Waals surface area contributed by atoms with Gasteiger partial charge in [0, 0.05) is 18.4 Å². The van der Waals surface area contributed by atoms with Crippen LogP contribution in [-0.4, -0.2) is 25.7 Å². The number of benzene rings is 1. The Bertz CT molecular complexity index is 911. The molecule has 0 spiro atoms. The van der Waals surface area contributed by atoms with E-state index in [0.29, 0.717) is 29.6 Å². The molecule has 0 atom stereocenters. The molecule has 7 nitrogen and oxygen atoms in total. The monoisotopic (exact) mass is 336 g/mol. The first-order chi connectivity index (χ1) is 12.0. The standard InChI is InChI=1S/C18H20N6O/c1-4-24-16(17(19)25)10-15(23-24)14-5-6-20-18(22-14)21-13-8-11(2)7-12(3)9-13/h5-10H,4H2,1-3H3,(H2,19,25)(H,20,21,22). The van der Waals surface area contributed by atoms with Crippen molar-refractivity contribution in [3.05, 3.63) is 53.3 Å². The lowest BCUT2D eigenvalue weighted by molar-refractivity contribution is 0.0990.